The molecule has 18 heavy (non-hydrogen) atoms. The first kappa shape index (κ1) is 14.3. The second-order valence-corrected chi connectivity index (χ2v) is 6.29. The van der Waals surface area contributed by atoms with Gasteiger partial charge in [0.2, 0.25) is 0 Å². The van der Waals surface area contributed by atoms with Crippen molar-refractivity contribution in [3.05, 3.63) is 0 Å². The Morgan fingerprint density at radius 3 is 2.61 bits per heavy atom. The molecule has 106 valence electrons. The minimum absolute atomic E-state index is 0.133. The van der Waals surface area contributed by atoms with Gasteiger partial charge in [0.05, 0.1) is 18.8 Å². The number of rotatable bonds is 4. The van der Waals surface area contributed by atoms with E-state index < -0.39 is 0 Å². The van der Waals surface area contributed by atoms with Crippen LogP contribution in [0.3, 0.4) is 0 Å². The van der Waals surface area contributed by atoms with Crippen LogP contribution in [0.25, 0.3) is 0 Å². The van der Waals surface area contributed by atoms with Crippen molar-refractivity contribution in [2.24, 2.45) is 11.7 Å². The van der Waals surface area contributed by atoms with Crippen molar-refractivity contribution in [3.8, 4) is 0 Å². The Balaban J connectivity index is 1.80. The van der Waals surface area contributed by atoms with Crippen LogP contribution in [0.2, 0.25) is 0 Å². The third kappa shape index (κ3) is 3.23. The number of nitrogens with two attached hydrogens (primary N) is 1. The third-order valence-electron chi connectivity index (χ3n) is 4.59. The fourth-order valence-electron chi connectivity index (χ4n) is 3.61. The van der Waals surface area contributed by atoms with Gasteiger partial charge < -0.3 is 15.6 Å². The summed E-state index contributed by atoms with van der Waals surface area (Å²) in [4.78, 5) is 2.48. The topological polar surface area (TPSA) is 58.7 Å². The summed E-state index contributed by atoms with van der Waals surface area (Å²) in [5.74, 6) is 0.482. The highest BCUT2D eigenvalue weighted by molar-refractivity contribution is 4.96. The van der Waals surface area contributed by atoms with Crippen LogP contribution in [-0.4, -0.2) is 54.0 Å². The average molecular weight is 256 g/mol. The minimum atomic E-state index is -0.316. The lowest BCUT2D eigenvalue weighted by atomic mass is 9.86. The van der Waals surface area contributed by atoms with Gasteiger partial charge in [-0.15, -0.1) is 0 Å². The molecule has 0 aromatic carbocycles. The van der Waals surface area contributed by atoms with Gasteiger partial charge in [-0.05, 0) is 45.6 Å². The first-order chi connectivity index (χ1) is 8.53. The quantitative estimate of drug-likeness (QED) is 0.787. The molecule has 2 fully saturated rings. The van der Waals surface area contributed by atoms with Gasteiger partial charge in [0.1, 0.15) is 0 Å². The van der Waals surface area contributed by atoms with E-state index in [1.165, 1.54) is 6.42 Å². The molecule has 0 bridgehead atoms. The highest BCUT2D eigenvalue weighted by Gasteiger charge is 2.38. The third-order valence-corrected chi connectivity index (χ3v) is 4.59. The second-order valence-electron chi connectivity index (χ2n) is 6.29. The Morgan fingerprint density at radius 1 is 1.33 bits per heavy atom. The monoisotopic (exact) mass is 256 g/mol. The van der Waals surface area contributed by atoms with Gasteiger partial charge in [0.25, 0.3) is 0 Å². The summed E-state index contributed by atoms with van der Waals surface area (Å²) in [6.45, 7) is 7.54. The normalized spacial score (nSPS) is 42.3. The first-order valence-corrected chi connectivity index (χ1v) is 7.31. The molecule has 1 saturated carbocycles. The van der Waals surface area contributed by atoms with E-state index >= 15 is 0 Å². The maximum atomic E-state index is 9.46. The highest BCUT2D eigenvalue weighted by atomic mass is 16.5. The number of hydrogen-bond donors (Lipinski definition) is 2. The predicted molar refractivity (Wildman–Crippen MR) is 72.4 cm³/mol. The fraction of sp³-hybridized carbons (Fsp3) is 1.00. The summed E-state index contributed by atoms with van der Waals surface area (Å²) >= 11 is 0. The standard InChI is InChI=1S/C14H28N2O2/c1-11-8-16(9-12(2)18-11)7-5-13-4-3-6-14(13,15)10-17/h11-13,17H,3-10,15H2,1-2H3. The SMILES string of the molecule is CC1CN(CCC2CCCC2(N)CO)CC(C)O1. The van der Waals surface area contributed by atoms with Crippen LogP contribution in [0.5, 0.6) is 0 Å². The number of nitrogens with zero attached hydrogens (tertiary/aromatic N) is 1. The number of aliphatic hydroxyl groups excluding tert-OH is 1. The van der Waals surface area contributed by atoms with Gasteiger partial charge in [-0.25, -0.2) is 0 Å². The molecule has 1 aliphatic carbocycles. The largest absolute Gasteiger partial charge is 0.394 e. The molecular formula is C14H28N2O2. The number of ether oxygens (including phenoxy) is 1. The van der Waals surface area contributed by atoms with E-state index in [4.69, 9.17) is 10.5 Å². The van der Waals surface area contributed by atoms with Crippen LogP contribution in [-0.2, 0) is 4.74 Å². The molecule has 1 saturated heterocycles. The Bertz CT molecular complexity index is 265. The lowest BCUT2D eigenvalue weighted by Crippen LogP contribution is -2.49. The molecule has 1 heterocycles. The van der Waals surface area contributed by atoms with Crippen LogP contribution < -0.4 is 5.73 Å². The lowest BCUT2D eigenvalue weighted by molar-refractivity contribution is -0.0695. The average Bonchev–Trinajstić information content (AvgIpc) is 2.68. The molecule has 0 radical (unpaired) electrons. The van der Waals surface area contributed by atoms with E-state index in [9.17, 15) is 5.11 Å². The summed E-state index contributed by atoms with van der Waals surface area (Å²) in [7, 11) is 0. The van der Waals surface area contributed by atoms with Crippen molar-refractivity contribution < 1.29 is 9.84 Å². The summed E-state index contributed by atoms with van der Waals surface area (Å²) in [6.07, 6.45) is 5.08. The van der Waals surface area contributed by atoms with E-state index in [2.05, 4.69) is 18.7 Å². The highest BCUT2D eigenvalue weighted by Crippen LogP contribution is 2.35. The zero-order chi connectivity index (χ0) is 13.2. The number of aliphatic hydroxyl groups is 1. The van der Waals surface area contributed by atoms with Gasteiger partial charge in [-0.1, -0.05) is 6.42 Å². The molecule has 1 aliphatic heterocycles. The molecular weight excluding hydrogens is 228 g/mol. The second kappa shape index (κ2) is 5.87. The Labute approximate surface area is 110 Å². The van der Waals surface area contributed by atoms with Crippen molar-refractivity contribution in [2.75, 3.05) is 26.2 Å². The molecule has 0 aromatic heterocycles. The maximum absolute atomic E-state index is 9.46. The van der Waals surface area contributed by atoms with Crippen LogP contribution in [0, 0.1) is 5.92 Å². The molecule has 3 N–H and O–H groups in total. The van der Waals surface area contributed by atoms with Crippen molar-refractivity contribution in [1.82, 2.24) is 4.90 Å². The van der Waals surface area contributed by atoms with Gasteiger partial charge in [0, 0.05) is 18.6 Å². The summed E-state index contributed by atoms with van der Waals surface area (Å²) in [5.41, 5.74) is 5.96. The van der Waals surface area contributed by atoms with E-state index in [0.29, 0.717) is 18.1 Å². The zero-order valence-corrected chi connectivity index (χ0v) is 11.8. The molecule has 4 unspecified atom stereocenters. The predicted octanol–water partition coefficient (Wildman–Crippen LogP) is 0.976. The van der Waals surface area contributed by atoms with E-state index in [1.54, 1.807) is 0 Å². The van der Waals surface area contributed by atoms with Gasteiger partial charge in [-0.3, -0.25) is 4.90 Å². The van der Waals surface area contributed by atoms with E-state index in [0.717, 1.165) is 38.9 Å². The van der Waals surface area contributed by atoms with Crippen molar-refractivity contribution >= 4 is 0 Å². The molecule has 0 spiro atoms. The maximum Gasteiger partial charge on any atom is 0.0678 e. The summed E-state index contributed by atoms with van der Waals surface area (Å²) in [6, 6.07) is 0. The summed E-state index contributed by atoms with van der Waals surface area (Å²) < 4.78 is 5.74. The molecule has 4 nitrogen and oxygen atoms in total. The van der Waals surface area contributed by atoms with Crippen molar-refractivity contribution in [1.29, 1.82) is 0 Å². The molecule has 2 rings (SSSR count). The molecule has 0 aromatic rings. The van der Waals surface area contributed by atoms with Crippen molar-refractivity contribution in [2.45, 2.75) is 57.3 Å². The number of hydrogen-bond acceptors (Lipinski definition) is 4. The molecule has 4 atom stereocenters. The van der Waals surface area contributed by atoms with E-state index in [1.807, 2.05) is 0 Å². The molecule has 0 amide bonds. The van der Waals surface area contributed by atoms with Crippen LogP contribution in [0.1, 0.15) is 39.5 Å². The lowest BCUT2D eigenvalue weighted by Gasteiger charge is -2.37. The van der Waals surface area contributed by atoms with Gasteiger partial charge in [0.15, 0.2) is 0 Å². The zero-order valence-electron chi connectivity index (χ0n) is 11.8. The molecule has 4 heteroatoms. The minimum Gasteiger partial charge on any atom is -0.394 e. The molecule has 2 aliphatic rings. The Morgan fingerprint density at radius 2 is 2.00 bits per heavy atom. The van der Waals surface area contributed by atoms with Crippen LogP contribution in [0.15, 0.2) is 0 Å². The fourth-order valence-corrected chi connectivity index (χ4v) is 3.61. The van der Waals surface area contributed by atoms with Crippen LogP contribution in [0.4, 0.5) is 0 Å². The number of morpholine rings is 1. The van der Waals surface area contributed by atoms with Gasteiger partial charge >= 0.3 is 0 Å². The first-order valence-electron chi connectivity index (χ1n) is 7.31. The Hall–Kier alpha value is -0.160. The Kier molecular flexibility index (Phi) is 4.64. The van der Waals surface area contributed by atoms with Crippen molar-refractivity contribution in [3.63, 3.8) is 0 Å². The van der Waals surface area contributed by atoms with Crippen LogP contribution >= 0.6 is 0 Å². The van der Waals surface area contributed by atoms with Gasteiger partial charge in [-0.2, -0.15) is 0 Å². The summed E-state index contributed by atoms with van der Waals surface area (Å²) in [5, 5.41) is 9.46. The van der Waals surface area contributed by atoms with E-state index in [-0.39, 0.29) is 12.1 Å². The smallest absolute Gasteiger partial charge is 0.0678 e.